The van der Waals surface area contributed by atoms with Gasteiger partial charge in [0.25, 0.3) is 5.91 Å². The maximum Gasteiger partial charge on any atom is 0.260 e. The van der Waals surface area contributed by atoms with Crippen LogP contribution in [-0.4, -0.2) is 17.7 Å². The summed E-state index contributed by atoms with van der Waals surface area (Å²) in [6.07, 6.45) is 1.33. The fraction of sp³-hybridized carbons (Fsp3) is 0.231. The summed E-state index contributed by atoms with van der Waals surface area (Å²) in [5.74, 6) is 0.378. The predicted molar refractivity (Wildman–Crippen MR) is 66.8 cm³/mol. The third-order valence-electron chi connectivity index (χ3n) is 2.43. The van der Waals surface area contributed by atoms with Crippen molar-refractivity contribution in [3.63, 3.8) is 0 Å². The van der Waals surface area contributed by atoms with E-state index in [9.17, 15) is 4.79 Å². The summed E-state index contributed by atoms with van der Waals surface area (Å²) in [6.45, 7) is 4.15. The molecule has 1 amide bonds. The molecular formula is C13H14N2O3. The van der Waals surface area contributed by atoms with Crippen molar-refractivity contribution in [2.24, 2.45) is 0 Å². The van der Waals surface area contributed by atoms with Crippen molar-refractivity contribution in [1.29, 1.82) is 0 Å². The molecule has 0 atom stereocenters. The Labute approximate surface area is 105 Å². The van der Waals surface area contributed by atoms with Crippen LogP contribution in [0, 0.1) is 6.92 Å². The first-order valence-corrected chi connectivity index (χ1v) is 5.66. The number of hydrogen-bond donors (Lipinski definition) is 1. The average Bonchev–Trinajstić information content (AvgIpc) is 2.78. The number of anilines is 1. The smallest absolute Gasteiger partial charge is 0.260 e. The number of carbonyl (C=O) groups excluding carboxylic acids is 1. The number of aryl methyl sites for hydroxylation is 1. The van der Waals surface area contributed by atoms with Gasteiger partial charge < -0.3 is 14.6 Å². The van der Waals surface area contributed by atoms with Crippen molar-refractivity contribution in [2.45, 2.75) is 13.8 Å². The number of amides is 1. The van der Waals surface area contributed by atoms with E-state index in [4.69, 9.17) is 9.26 Å². The molecule has 94 valence electrons. The third kappa shape index (κ3) is 2.51. The second kappa shape index (κ2) is 5.35. The fourth-order valence-electron chi connectivity index (χ4n) is 1.55. The maximum absolute atomic E-state index is 12.0. The van der Waals surface area contributed by atoms with Crippen molar-refractivity contribution in [3.05, 3.63) is 41.8 Å². The van der Waals surface area contributed by atoms with Crippen molar-refractivity contribution in [2.75, 3.05) is 11.9 Å². The Balaban J connectivity index is 2.19. The van der Waals surface area contributed by atoms with Crippen LogP contribution in [0.4, 0.5) is 5.69 Å². The molecule has 0 saturated carbocycles. The van der Waals surface area contributed by atoms with Crippen LogP contribution in [0.1, 0.15) is 23.0 Å². The Kier molecular flexibility index (Phi) is 3.62. The Morgan fingerprint density at radius 2 is 2.22 bits per heavy atom. The predicted octanol–water partition coefficient (Wildman–Crippen LogP) is 2.63. The van der Waals surface area contributed by atoms with Gasteiger partial charge >= 0.3 is 0 Å². The number of aromatic nitrogens is 1. The lowest BCUT2D eigenvalue weighted by Crippen LogP contribution is -2.13. The monoisotopic (exact) mass is 246 g/mol. The molecule has 0 bridgehead atoms. The molecule has 5 nitrogen and oxygen atoms in total. The van der Waals surface area contributed by atoms with E-state index in [2.05, 4.69) is 10.5 Å². The SMILES string of the molecule is CCOc1ccccc1NC(=O)c1conc1C. The Hall–Kier alpha value is -2.30. The molecule has 1 heterocycles. The van der Waals surface area contributed by atoms with E-state index in [1.165, 1.54) is 6.26 Å². The van der Waals surface area contributed by atoms with Gasteiger partial charge in [0, 0.05) is 0 Å². The van der Waals surface area contributed by atoms with E-state index in [0.717, 1.165) is 0 Å². The molecule has 0 spiro atoms. The van der Waals surface area contributed by atoms with Crippen LogP contribution in [0.2, 0.25) is 0 Å². The number of rotatable bonds is 4. The zero-order chi connectivity index (χ0) is 13.0. The van der Waals surface area contributed by atoms with Crippen molar-refractivity contribution in [3.8, 4) is 5.75 Å². The van der Waals surface area contributed by atoms with E-state index in [-0.39, 0.29) is 5.91 Å². The van der Waals surface area contributed by atoms with E-state index in [1.54, 1.807) is 19.1 Å². The highest BCUT2D eigenvalue weighted by Crippen LogP contribution is 2.24. The highest BCUT2D eigenvalue weighted by Gasteiger charge is 2.14. The molecule has 0 radical (unpaired) electrons. The molecule has 0 saturated heterocycles. The Morgan fingerprint density at radius 1 is 1.44 bits per heavy atom. The number of nitrogens with zero attached hydrogens (tertiary/aromatic N) is 1. The molecule has 1 aromatic heterocycles. The summed E-state index contributed by atoms with van der Waals surface area (Å²) in [4.78, 5) is 12.0. The Bertz CT molecular complexity index is 549. The van der Waals surface area contributed by atoms with Gasteiger partial charge in [-0.25, -0.2) is 0 Å². The summed E-state index contributed by atoms with van der Waals surface area (Å²) in [5, 5.41) is 6.45. The van der Waals surface area contributed by atoms with Crippen LogP contribution in [0.25, 0.3) is 0 Å². The maximum atomic E-state index is 12.0. The van der Waals surface area contributed by atoms with Crippen LogP contribution in [0.15, 0.2) is 35.1 Å². The summed E-state index contributed by atoms with van der Waals surface area (Å²) in [6, 6.07) is 7.27. The summed E-state index contributed by atoms with van der Waals surface area (Å²) in [7, 11) is 0. The zero-order valence-electron chi connectivity index (χ0n) is 10.3. The lowest BCUT2D eigenvalue weighted by Gasteiger charge is -2.10. The lowest BCUT2D eigenvalue weighted by atomic mass is 10.2. The van der Waals surface area contributed by atoms with Gasteiger partial charge in [0.1, 0.15) is 17.6 Å². The van der Waals surface area contributed by atoms with Gasteiger partial charge in [-0.05, 0) is 26.0 Å². The van der Waals surface area contributed by atoms with Gasteiger partial charge in [0.15, 0.2) is 0 Å². The average molecular weight is 246 g/mol. The van der Waals surface area contributed by atoms with E-state index in [0.29, 0.717) is 29.3 Å². The number of ether oxygens (including phenoxy) is 1. The molecule has 0 fully saturated rings. The van der Waals surface area contributed by atoms with Gasteiger partial charge in [0.2, 0.25) is 0 Å². The van der Waals surface area contributed by atoms with Crippen molar-refractivity contribution >= 4 is 11.6 Å². The van der Waals surface area contributed by atoms with Crippen LogP contribution >= 0.6 is 0 Å². The number of hydrogen-bond acceptors (Lipinski definition) is 4. The first kappa shape index (κ1) is 12.2. The standard InChI is InChI=1S/C13H14N2O3/c1-3-17-12-7-5-4-6-11(12)14-13(16)10-8-18-15-9(10)2/h4-8H,3H2,1-2H3,(H,14,16). The molecule has 0 aliphatic heterocycles. The highest BCUT2D eigenvalue weighted by molar-refractivity contribution is 6.05. The van der Waals surface area contributed by atoms with Gasteiger partial charge in [-0.2, -0.15) is 0 Å². The number of nitrogens with one attached hydrogen (secondary N) is 1. The van der Waals surface area contributed by atoms with Gasteiger partial charge in [-0.15, -0.1) is 0 Å². The van der Waals surface area contributed by atoms with E-state index in [1.807, 2.05) is 19.1 Å². The van der Waals surface area contributed by atoms with Crippen LogP contribution < -0.4 is 10.1 Å². The van der Waals surface area contributed by atoms with Crippen LogP contribution in [0.3, 0.4) is 0 Å². The van der Waals surface area contributed by atoms with E-state index >= 15 is 0 Å². The minimum Gasteiger partial charge on any atom is -0.492 e. The van der Waals surface area contributed by atoms with Crippen LogP contribution in [-0.2, 0) is 0 Å². The molecule has 2 aromatic rings. The van der Waals surface area contributed by atoms with Gasteiger partial charge in [-0.3, -0.25) is 4.79 Å². The first-order chi connectivity index (χ1) is 8.72. The highest BCUT2D eigenvalue weighted by atomic mass is 16.5. The molecule has 0 aliphatic carbocycles. The first-order valence-electron chi connectivity index (χ1n) is 5.66. The minimum absolute atomic E-state index is 0.263. The van der Waals surface area contributed by atoms with Crippen molar-refractivity contribution in [1.82, 2.24) is 5.16 Å². The Morgan fingerprint density at radius 3 is 2.89 bits per heavy atom. The molecule has 0 unspecified atom stereocenters. The number of carbonyl (C=O) groups is 1. The molecule has 1 aromatic carbocycles. The molecule has 18 heavy (non-hydrogen) atoms. The van der Waals surface area contributed by atoms with Crippen LogP contribution in [0.5, 0.6) is 5.75 Å². The molecule has 1 N–H and O–H groups in total. The zero-order valence-corrected chi connectivity index (χ0v) is 10.3. The van der Waals surface area contributed by atoms with Gasteiger partial charge in [-0.1, -0.05) is 17.3 Å². The fourth-order valence-corrected chi connectivity index (χ4v) is 1.55. The normalized spacial score (nSPS) is 10.1. The second-order valence-electron chi connectivity index (χ2n) is 3.70. The largest absolute Gasteiger partial charge is 0.492 e. The quantitative estimate of drug-likeness (QED) is 0.900. The second-order valence-corrected chi connectivity index (χ2v) is 3.70. The summed E-state index contributed by atoms with van der Waals surface area (Å²) < 4.78 is 10.2. The van der Waals surface area contributed by atoms with E-state index < -0.39 is 0 Å². The molecule has 2 rings (SSSR count). The topological polar surface area (TPSA) is 64.4 Å². The summed E-state index contributed by atoms with van der Waals surface area (Å²) >= 11 is 0. The minimum atomic E-state index is -0.263. The molecule has 0 aliphatic rings. The third-order valence-corrected chi connectivity index (χ3v) is 2.43. The van der Waals surface area contributed by atoms with Crippen molar-refractivity contribution < 1.29 is 14.1 Å². The summed E-state index contributed by atoms with van der Waals surface area (Å²) in [5.41, 5.74) is 1.60. The lowest BCUT2D eigenvalue weighted by molar-refractivity contribution is 0.102. The number of benzene rings is 1. The number of para-hydroxylation sites is 2. The van der Waals surface area contributed by atoms with Gasteiger partial charge in [0.05, 0.1) is 18.0 Å². The molecular weight excluding hydrogens is 232 g/mol. The molecule has 5 heteroatoms.